The molecular weight excluding hydrogens is 376 g/mol. The van der Waals surface area contributed by atoms with E-state index in [9.17, 15) is 9.59 Å². The molecule has 170 valence electrons. The van der Waals surface area contributed by atoms with Crippen molar-refractivity contribution in [2.75, 3.05) is 20.1 Å². The molecule has 0 aromatic carbocycles. The smallest absolute Gasteiger partial charge is 0.244 e. The number of carbonyl (C=O) groups excluding carboxylic acids is 2. The van der Waals surface area contributed by atoms with Gasteiger partial charge in [0.1, 0.15) is 11.8 Å². The number of nitrogens with one attached hydrogen (secondary N) is 1. The van der Waals surface area contributed by atoms with Crippen LogP contribution < -0.4 is 11.1 Å². The van der Waals surface area contributed by atoms with Crippen molar-refractivity contribution in [1.82, 2.24) is 15.1 Å². The van der Waals surface area contributed by atoms with Crippen molar-refractivity contribution >= 4 is 11.8 Å². The van der Waals surface area contributed by atoms with Crippen LogP contribution in [0.3, 0.4) is 0 Å². The zero-order chi connectivity index (χ0) is 21.1. The molecule has 2 saturated carbocycles. The van der Waals surface area contributed by atoms with Crippen LogP contribution in [0.25, 0.3) is 0 Å². The Hall–Kier alpha value is -1.14. The molecule has 0 aromatic heterocycles. The highest BCUT2D eigenvalue weighted by Gasteiger charge is 2.50. The average molecular weight is 419 g/mol. The van der Waals surface area contributed by atoms with Crippen LogP contribution in [0.1, 0.15) is 89.9 Å². The Labute approximate surface area is 182 Å². The maximum Gasteiger partial charge on any atom is 0.244 e. The Kier molecular flexibility index (Phi) is 7.03. The first kappa shape index (κ1) is 22.1. The highest BCUT2D eigenvalue weighted by atomic mass is 16.2. The van der Waals surface area contributed by atoms with Gasteiger partial charge in [-0.15, -0.1) is 0 Å². The fourth-order valence-corrected chi connectivity index (χ4v) is 6.57. The van der Waals surface area contributed by atoms with Crippen LogP contribution in [0.2, 0.25) is 0 Å². The molecular formula is C24H42N4O2. The van der Waals surface area contributed by atoms with Gasteiger partial charge in [0.15, 0.2) is 0 Å². The zero-order valence-corrected chi connectivity index (χ0v) is 18.9. The van der Waals surface area contributed by atoms with Crippen molar-refractivity contribution < 1.29 is 9.59 Å². The Morgan fingerprint density at radius 1 is 1.03 bits per heavy atom. The number of hydrogen-bond acceptors (Lipinski definition) is 4. The number of rotatable bonds is 7. The quantitative estimate of drug-likeness (QED) is 0.665. The summed E-state index contributed by atoms with van der Waals surface area (Å²) in [7, 11) is 1.81. The lowest BCUT2D eigenvalue weighted by atomic mass is 9.78. The van der Waals surface area contributed by atoms with Gasteiger partial charge in [-0.1, -0.05) is 44.9 Å². The summed E-state index contributed by atoms with van der Waals surface area (Å²) in [6, 6.07) is 0. The van der Waals surface area contributed by atoms with Gasteiger partial charge in [-0.25, -0.2) is 0 Å². The molecule has 3 atom stereocenters. The van der Waals surface area contributed by atoms with E-state index in [1.54, 1.807) is 4.90 Å². The maximum absolute atomic E-state index is 13.2. The minimum absolute atomic E-state index is 0.154. The summed E-state index contributed by atoms with van der Waals surface area (Å²) in [5, 5.41) is 3.49. The third-order valence-corrected chi connectivity index (χ3v) is 8.49. The first-order valence-corrected chi connectivity index (χ1v) is 12.6. The molecule has 2 aliphatic heterocycles. The molecule has 0 spiro atoms. The molecule has 2 heterocycles. The summed E-state index contributed by atoms with van der Waals surface area (Å²) < 4.78 is 0. The summed E-state index contributed by atoms with van der Waals surface area (Å²) >= 11 is 0. The van der Waals surface area contributed by atoms with E-state index in [0.717, 1.165) is 51.1 Å². The van der Waals surface area contributed by atoms with E-state index in [4.69, 9.17) is 5.73 Å². The van der Waals surface area contributed by atoms with Gasteiger partial charge in [-0.2, -0.15) is 0 Å². The SMILES string of the molecule is CN1C(=O)[C@@](CCC2CCCCC2)(C[C@H]2CCN(C(=O)CC3CCCC3)C2)NC1N. The zero-order valence-electron chi connectivity index (χ0n) is 18.9. The average Bonchev–Trinajstić information content (AvgIpc) is 3.47. The van der Waals surface area contributed by atoms with Crippen LogP contribution in [0.15, 0.2) is 0 Å². The predicted molar refractivity (Wildman–Crippen MR) is 118 cm³/mol. The molecule has 6 nitrogen and oxygen atoms in total. The molecule has 0 bridgehead atoms. The third kappa shape index (κ3) is 4.85. The minimum Gasteiger partial charge on any atom is -0.342 e. The van der Waals surface area contributed by atoms with E-state index in [-0.39, 0.29) is 5.91 Å². The van der Waals surface area contributed by atoms with Crippen molar-refractivity contribution in [2.24, 2.45) is 23.5 Å². The molecule has 0 radical (unpaired) electrons. The van der Waals surface area contributed by atoms with Crippen LogP contribution in [0, 0.1) is 17.8 Å². The fourth-order valence-electron chi connectivity index (χ4n) is 6.57. The number of nitrogens with two attached hydrogens (primary N) is 1. The van der Waals surface area contributed by atoms with Gasteiger partial charge in [-0.05, 0) is 56.3 Å². The molecule has 2 aliphatic carbocycles. The van der Waals surface area contributed by atoms with Gasteiger partial charge in [-0.3, -0.25) is 20.6 Å². The first-order chi connectivity index (χ1) is 14.5. The number of hydrogen-bond donors (Lipinski definition) is 2. The molecule has 30 heavy (non-hydrogen) atoms. The van der Waals surface area contributed by atoms with E-state index in [0.29, 0.717) is 17.7 Å². The van der Waals surface area contributed by atoms with Crippen molar-refractivity contribution in [2.45, 2.75) is 102 Å². The largest absolute Gasteiger partial charge is 0.342 e. The number of carbonyl (C=O) groups is 2. The van der Waals surface area contributed by atoms with Crippen LogP contribution in [0.5, 0.6) is 0 Å². The molecule has 6 heteroatoms. The Balaban J connectivity index is 1.35. The molecule has 4 fully saturated rings. The van der Waals surface area contributed by atoms with E-state index in [1.807, 2.05) is 7.05 Å². The van der Waals surface area contributed by atoms with Crippen molar-refractivity contribution in [1.29, 1.82) is 0 Å². The van der Waals surface area contributed by atoms with Crippen molar-refractivity contribution in [3.8, 4) is 0 Å². The van der Waals surface area contributed by atoms with Gasteiger partial charge in [0.2, 0.25) is 11.8 Å². The van der Waals surface area contributed by atoms with E-state index < -0.39 is 11.8 Å². The number of likely N-dealkylation sites (tertiary alicyclic amines) is 1. The van der Waals surface area contributed by atoms with Gasteiger partial charge in [0.05, 0.1) is 0 Å². The maximum atomic E-state index is 13.2. The number of amides is 2. The number of nitrogens with zero attached hydrogens (tertiary/aromatic N) is 2. The third-order valence-electron chi connectivity index (χ3n) is 8.49. The van der Waals surface area contributed by atoms with E-state index >= 15 is 0 Å². The lowest BCUT2D eigenvalue weighted by Crippen LogP contribution is -2.51. The summed E-state index contributed by atoms with van der Waals surface area (Å²) in [5.41, 5.74) is 5.68. The van der Waals surface area contributed by atoms with Crippen LogP contribution in [-0.4, -0.2) is 53.6 Å². The highest BCUT2D eigenvalue weighted by Crippen LogP contribution is 2.37. The first-order valence-electron chi connectivity index (χ1n) is 12.6. The second kappa shape index (κ2) is 9.56. The highest BCUT2D eigenvalue weighted by molar-refractivity contribution is 5.88. The van der Waals surface area contributed by atoms with Crippen molar-refractivity contribution in [3.63, 3.8) is 0 Å². The topological polar surface area (TPSA) is 78.7 Å². The predicted octanol–water partition coefficient (Wildman–Crippen LogP) is 3.21. The lowest BCUT2D eigenvalue weighted by molar-refractivity contribution is -0.133. The standard InChI is InChI=1S/C24H42N4O2/c1-27-22(30)24(26-23(27)25,13-11-18-7-3-2-4-8-18)16-20-12-14-28(17-20)21(29)15-19-9-5-6-10-19/h18-20,23,26H,2-17,25H2,1H3/t20-,23?,24-/m1/s1. The number of likely N-dealkylation sites (N-methyl/N-ethyl adjacent to an activating group) is 1. The molecule has 4 rings (SSSR count). The van der Waals surface area contributed by atoms with E-state index in [1.165, 1.54) is 57.8 Å². The Morgan fingerprint density at radius 2 is 1.70 bits per heavy atom. The van der Waals surface area contributed by atoms with Crippen LogP contribution >= 0.6 is 0 Å². The Bertz CT molecular complexity index is 614. The van der Waals surface area contributed by atoms with E-state index in [2.05, 4.69) is 10.2 Å². The van der Waals surface area contributed by atoms with Crippen LogP contribution in [0.4, 0.5) is 0 Å². The second-order valence-corrected chi connectivity index (χ2v) is 10.7. The molecule has 2 amide bonds. The minimum atomic E-state index is -0.541. The van der Waals surface area contributed by atoms with Gasteiger partial charge < -0.3 is 9.80 Å². The molecule has 2 saturated heterocycles. The van der Waals surface area contributed by atoms with Gasteiger partial charge in [0.25, 0.3) is 0 Å². The van der Waals surface area contributed by atoms with Gasteiger partial charge in [0, 0.05) is 26.6 Å². The Morgan fingerprint density at radius 3 is 2.37 bits per heavy atom. The normalized spacial score (nSPS) is 33.7. The second-order valence-electron chi connectivity index (χ2n) is 10.7. The summed E-state index contributed by atoms with van der Waals surface area (Å²) in [5.74, 6) is 2.23. The summed E-state index contributed by atoms with van der Waals surface area (Å²) in [6.07, 6.45) is 15.8. The lowest BCUT2D eigenvalue weighted by Gasteiger charge is -2.32. The monoisotopic (exact) mass is 418 g/mol. The van der Waals surface area contributed by atoms with Crippen molar-refractivity contribution in [3.05, 3.63) is 0 Å². The molecule has 3 N–H and O–H groups in total. The molecule has 4 aliphatic rings. The fraction of sp³-hybridized carbons (Fsp3) is 0.917. The van der Waals surface area contributed by atoms with Gasteiger partial charge >= 0.3 is 0 Å². The van der Waals surface area contributed by atoms with Crippen LogP contribution in [-0.2, 0) is 9.59 Å². The molecule has 1 unspecified atom stereocenters. The summed E-state index contributed by atoms with van der Waals surface area (Å²) in [6.45, 7) is 1.66. The molecule has 0 aromatic rings. The summed E-state index contributed by atoms with van der Waals surface area (Å²) in [4.78, 5) is 29.8.